The van der Waals surface area contributed by atoms with Crippen molar-refractivity contribution in [1.82, 2.24) is 10.6 Å². The van der Waals surface area contributed by atoms with E-state index < -0.39 is 11.4 Å². The summed E-state index contributed by atoms with van der Waals surface area (Å²) in [5.74, 6) is 0.245. The van der Waals surface area contributed by atoms with E-state index in [0.717, 1.165) is 37.9 Å². The summed E-state index contributed by atoms with van der Waals surface area (Å²) in [5, 5.41) is 15.8. The van der Waals surface area contributed by atoms with Gasteiger partial charge in [0.25, 0.3) is 0 Å². The van der Waals surface area contributed by atoms with Gasteiger partial charge in [-0.2, -0.15) is 11.8 Å². The van der Waals surface area contributed by atoms with Crippen molar-refractivity contribution in [2.75, 3.05) is 5.75 Å². The summed E-state index contributed by atoms with van der Waals surface area (Å²) in [5.41, 5.74) is -0.829. The Hall–Kier alpha value is -0.910. The van der Waals surface area contributed by atoms with Crippen molar-refractivity contribution in [2.24, 2.45) is 5.41 Å². The Bertz CT molecular complexity index is 404. The normalized spacial score (nSPS) is 35.6. The van der Waals surface area contributed by atoms with Gasteiger partial charge in [-0.05, 0) is 38.4 Å². The lowest BCUT2D eigenvalue weighted by atomic mass is 9.85. The fourth-order valence-electron chi connectivity index (χ4n) is 3.53. The standard InChI is InChI=1S/C15H26N2O3S/c1-3-21-11-7-4-6-10(11)16-14(20)17-12-8-5-9-15(12,2)13(18)19/h10-12H,3-9H2,1-2H3,(H,18,19)(H2,16,17,20). The molecule has 2 aliphatic rings. The molecule has 120 valence electrons. The minimum absolute atomic E-state index is 0.206. The maximum Gasteiger partial charge on any atom is 0.315 e. The summed E-state index contributed by atoms with van der Waals surface area (Å²) in [6.07, 6.45) is 5.55. The molecule has 0 bridgehead atoms. The summed E-state index contributed by atoms with van der Waals surface area (Å²) in [7, 11) is 0. The van der Waals surface area contributed by atoms with E-state index in [1.54, 1.807) is 6.92 Å². The SMILES string of the molecule is CCSC1CCCC1NC(=O)NC1CCCC1(C)C(=O)O. The predicted molar refractivity (Wildman–Crippen MR) is 84.6 cm³/mol. The molecule has 21 heavy (non-hydrogen) atoms. The summed E-state index contributed by atoms with van der Waals surface area (Å²) in [4.78, 5) is 23.6. The molecule has 2 fully saturated rings. The Labute approximate surface area is 130 Å². The van der Waals surface area contributed by atoms with Gasteiger partial charge in [-0.3, -0.25) is 4.79 Å². The summed E-state index contributed by atoms with van der Waals surface area (Å²) >= 11 is 1.90. The third kappa shape index (κ3) is 3.65. The van der Waals surface area contributed by atoms with E-state index in [1.165, 1.54) is 0 Å². The molecule has 0 aliphatic heterocycles. The van der Waals surface area contributed by atoms with Crippen LogP contribution in [0.1, 0.15) is 52.4 Å². The molecule has 0 saturated heterocycles. The van der Waals surface area contributed by atoms with Gasteiger partial charge in [-0.15, -0.1) is 0 Å². The first kappa shape index (κ1) is 16.5. The first-order valence-electron chi connectivity index (χ1n) is 7.89. The largest absolute Gasteiger partial charge is 0.481 e. The van der Waals surface area contributed by atoms with Gasteiger partial charge in [-0.1, -0.05) is 19.8 Å². The van der Waals surface area contributed by atoms with Crippen LogP contribution in [-0.4, -0.2) is 40.2 Å². The van der Waals surface area contributed by atoms with Gasteiger partial charge in [0.1, 0.15) is 0 Å². The molecule has 6 heteroatoms. The minimum atomic E-state index is -0.829. The van der Waals surface area contributed by atoms with Gasteiger partial charge >= 0.3 is 12.0 Å². The fourth-order valence-corrected chi connectivity index (χ4v) is 4.72. The molecule has 0 heterocycles. The zero-order chi connectivity index (χ0) is 15.5. The van der Waals surface area contributed by atoms with Gasteiger partial charge in [0.15, 0.2) is 0 Å². The maximum atomic E-state index is 12.2. The highest BCUT2D eigenvalue weighted by atomic mass is 32.2. The van der Waals surface area contributed by atoms with Crippen LogP contribution in [0.5, 0.6) is 0 Å². The third-order valence-corrected chi connectivity index (χ3v) is 6.23. The smallest absolute Gasteiger partial charge is 0.315 e. The molecule has 2 aliphatic carbocycles. The number of aliphatic carboxylic acids is 1. The second-order valence-corrected chi connectivity index (χ2v) is 7.83. The number of rotatable bonds is 5. The fraction of sp³-hybridized carbons (Fsp3) is 0.867. The monoisotopic (exact) mass is 314 g/mol. The first-order valence-corrected chi connectivity index (χ1v) is 8.94. The number of hydrogen-bond donors (Lipinski definition) is 3. The Balaban J connectivity index is 1.88. The molecule has 0 aromatic heterocycles. The van der Waals surface area contributed by atoms with E-state index in [1.807, 2.05) is 11.8 Å². The van der Waals surface area contributed by atoms with E-state index >= 15 is 0 Å². The van der Waals surface area contributed by atoms with Crippen LogP contribution in [0, 0.1) is 5.41 Å². The van der Waals surface area contributed by atoms with E-state index in [-0.39, 0.29) is 18.1 Å². The number of hydrogen-bond acceptors (Lipinski definition) is 3. The molecule has 2 saturated carbocycles. The number of amides is 2. The Morgan fingerprint density at radius 3 is 2.67 bits per heavy atom. The predicted octanol–water partition coefficient (Wildman–Crippen LogP) is 2.60. The van der Waals surface area contributed by atoms with Gasteiger partial charge in [0, 0.05) is 17.3 Å². The highest BCUT2D eigenvalue weighted by molar-refractivity contribution is 7.99. The van der Waals surface area contributed by atoms with Gasteiger partial charge in [-0.25, -0.2) is 4.79 Å². The lowest BCUT2D eigenvalue weighted by molar-refractivity contribution is -0.148. The average Bonchev–Trinajstić information content (AvgIpc) is 2.99. The molecular formula is C15H26N2O3S. The number of thioether (sulfide) groups is 1. The molecule has 0 aromatic rings. The van der Waals surface area contributed by atoms with Crippen molar-refractivity contribution < 1.29 is 14.7 Å². The van der Waals surface area contributed by atoms with Gasteiger partial charge in [0.05, 0.1) is 5.41 Å². The molecule has 0 spiro atoms. The van der Waals surface area contributed by atoms with E-state index in [0.29, 0.717) is 11.7 Å². The van der Waals surface area contributed by atoms with Crippen molar-refractivity contribution >= 4 is 23.8 Å². The Morgan fingerprint density at radius 2 is 2.00 bits per heavy atom. The molecule has 4 atom stereocenters. The van der Waals surface area contributed by atoms with Crippen LogP contribution in [0.25, 0.3) is 0 Å². The number of nitrogens with one attached hydrogen (secondary N) is 2. The molecule has 0 aromatic carbocycles. The summed E-state index contributed by atoms with van der Waals surface area (Å²) in [6, 6.07) is -0.260. The zero-order valence-corrected chi connectivity index (χ0v) is 13.7. The number of carbonyl (C=O) groups is 2. The Kier molecular flexibility index (Phi) is 5.41. The van der Waals surface area contributed by atoms with Crippen LogP contribution in [0.4, 0.5) is 4.79 Å². The number of carboxylic acid groups (broad SMARTS) is 1. The van der Waals surface area contributed by atoms with Crippen molar-refractivity contribution in [3.63, 3.8) is 0 Å². The van der Waals surface area contributed by atoms with E-state index in [4.69, 9.17) is 0 Å². The first-order chi connectivity index (χ1) is 9.97. The van der Waals surface area contributed by atoms with E-state index in [9.17, 15) is 14.7 Å². The number of carbonyl (C=O) groups excluding carboxylic acids is 1. The minimum Gasteiger partial charge on any atom is -0.481 e. The molecule has 2 rings (SSSR count). The molecule has 5 nitrogen and oxygen atoms in total. The molecule has 2 amide bonds. The van der Waals surface area contributed by atoms with Crippen molar-refractivity contribution in [2.45, 2.75) is 69.7 Å². The third-order valence-electron chi connectivity index (χ3n) is 4.90. The van der Waals surface area contributed by atoms with E-state index in [2.05, 4.69) is 17.6 Å². The quantitative estimate of drug-likeness (QED) is 0.729. The van der Waals surface area contributed by atoms with Gasteiger partial charge in [0.2, 0.25) is 0 Å². The molecule has 0 radical (unpaired) electrons. The highest BCUT2D eigenvalue weighted by Gasteiger charge is 2.46. The van der Waals surface area contributed by atoms with Gasteiger partial charge < -0.3 is 15.7 Å². The van der Waals surface area contributed by atoms with Crippen molar-refractivity contribution in [3.05, 3.63) is 0 Å². The average molecular weight is 314 g/mol. The molecular weight excluding hydrogens is 288 g/mol. The highest BCUT2D eigenvalue weighted by Crippen LogP contribution is 2.38. The Morgan fingerprint density at radius 1 is 1.24 bits per heavy atom. The van der Waals surface area contributed by atoms with Crippen LogP contribution in [0.15, 0.2) is 0 Å². The van der Waals surface area contributed by atoms with Crippen molar-refractivity contribution in [1.29, 1.82) is 0 Å². The molecule has 3 N–H and O–H groups in total. The van der Waals surface area contributed by atoms with Crippen LogP contribution in [0.3, 0.4) is 0 Å². The summed E-state index contributed by atoms with van der Waals surface area (Å²) < 4.78 is 0. The maximum absolute atomic E-state index is 12.2. The summed E-state index contributed by atoms with van der Waals surface area (Å²) in [6.45, 7) is 3.87. The van der Waals surface area contributed by atoms with Crippen LogP contribution in [-0.2, 0) is 4.79 Å². The molecule has 4 unspecified atom stereocenters. The van der Waals surface area contributed by atoms with Crippen LogP contribution < -0.4 is 10.6 Å². The van der Waals surface area contributed by atoms with Crippen LogP contribution >= 0.6 is 11.8 Å². The zero-order valence-electron chi connectivity index (χ0n) is 12.9. The lowest BCUT2D eigenvalue weighted by Gasteiger charge is -2.29. The van der Waals surface area contributed by atoms with Crippen molar-refractivity contribution in [3.8, 4) is 0 Å². The topological polar surface area (TPSA) is 78.4 Å². The van der Waals surface area contributed by atoms with Crippen LogP contribution in [0.2, 0.25) is 0 Å². The lowest BCUT2D eigenvalue weighted by Crippen LogP contribution is -2.53. The number of carboxylic acids is 1. The number of urea groups is 1. The second kappa shape index (κ2) is 6.90. The second-order valence-electron chi connectivity index (χ2n) is 6.32.